The van der Waals surface area contributed by atoms with E-state index in [4.69, 9.17) is 0 Å². The minimum atomic E-state index is 0.858. The lowest BCUT2D eigenvalue weighted by atomic mass is 10.3. The Morgan fingerprint density at radius 3 is 1.96 bits per heavy atom. The first kappa shape index (κ1) is 15.6. The molecule has 2 aliphatic rings. The van der Waals surface area contributed by atoms with E-state index in [9.17, 15) is 0 Å². The Hall–Kier alpha value is -1.96. The van der Waals surface area contributed by atoms with Crippen molar-refractivity contribution < 1.29 is 0 Å². The summed E-state index contributed by atoms with van der Waals surface area (Å²) in [6.07, 6.45) is 2.52. The molecular formula is C16H23N7S. The summed E-state index contributed by atoms with van der Waals surface area (Å²) in [5.74, 6) is 2.99. The molecule has 128 valence electrons. The second-order valence-electron chi connectivity index (χ2n) is 6.40. The summed E-state index contributed by atoms with van der Waals surface area (Å²) in [5.41, 5.74) is 0. The summed E-state index contributed by atoms with van der Waals surface area (Å²) < 4.78 is 0. The molecule has 4 heterocycles. The van der Waals surface area contributed by atoms with Gasteiger partial charge in [-0.25, -0.2) is 9.97 Å². The van der Waals surface area contributed by atoms with Gasteiger partial charge in [-0.05, 0) is 26.7 Å². The van der Waals surface area contributed by atoms with Crippen molar-refractivity contribution in [2.45, 2.75) is 26.7 Å². The SMILES string of the molecule is Cc1nc(N2CCCC2)cc(N2CCN(c3nnc(C)s3)CC2)n1. The number of rotatable bonds is 3. The van der Waals surface area contributed by atoms with Crippen LogP contribution in [0.3, 0.4) is 0 Å². The van der Waals surface area contributed by atoms with E-state index in [1.54, 1.807) is 11.3 Å². The first-order valence-electron chi connectivity index (χ1n) is 8.60. The number of aromatic nitrogens is 4. The third-order valence-electron chi connectivity index (χ3n) is 4.63. The van der Waals surface area contributed by atoms with Crippen molar-refractivity contribution in [2.24, 2.45) is 0 Å². The van der Waals surface area contributed by atoms with Crippen LogP contribution in [0, 0.1) is 13.8 Å². The van der Waals surface area contributed by atoms with Gasteiger partial charge in [0.1, 0.15) is 22.5 Å². The largest absolute Gasteiger partial charge is 0.356 e. The minimum Gasteiger partial charge on any atom is -0.356 e. The number of hydrogen-bond donors (Lipinski definition) is 0. The Kier molecular flexibility index (Phi) is 4.22. The lowest BCUT2D eigenvalue weighted by molar-refractivity contribution is 0.642. The van der Waals surface area contributed by atoms with E-state index >= 15 is 0 Å². The van der Waals surface area contributed by atoms with E-state index in [-0.39, 0.29) is 0 Å². The number of hydrogen-bond acceptors (Lipinski definition) is 8. The molecule has 0 atom stereocenters. The smallest absolute Gasteiger partial charge is 0.208 e. The first-order chi connectivity index (χ1) is 11.7. The molecule has 0 aliphatic carbocycles. The molecule has 0 saturated carbocycles. The number of piperazine rings is 1. The maximum atomic E-state index is 4.68. The zero-order valence-corrected chi connectivity index (χ0v) is 15.1. The topological polar surface area (TPSA) is 61.3 Å². The lowest BCUT2D eigenvalue weighted by Gasteiger charge is -2.35. The van der Waals surface area contributed by atoms with E-state index in [0.29, 0.717) is 0 Å². The molecule has 0 aromatic carbocycles. The molecule has 2 aliphatic heterocycles. The summed E-state index contributed by atoms with van der Waals surface area (Å²) >= 11 is 1.67. The average Bonchev–Trinajstić information content (AvgIpc) is 3.26. The van der Waals surface area contributed by atoms with Gasteiger partial charge in [0.2, 0.25) is 5.13 Å². The average molecular weight is 345 g/mol. The maximum absolute atomic E-state index is 4.68. The van der Waals surface area contributed by atoms with Crippen LogP contribution in [0.25, 0.3) is 0 Å². The van der Waals surface area contributed by atoms with Crippen LogP contribution >= 0.6 is 11.3 Å². The molecule has 2 aromatic heterocycles. The number of nitrogens with zero attached hydrogens (tertiary/aromatic N) is 7. The van der Waals surface area contributed by atoms with Crippen LogP contribution in [0.2, 0.25) is 0 Å². The van der Waals surface area contributed by atoms with Crippen LogP contribution in [0.5, 0.6) is 0 Å². The van der Waals surface area contributed by atoms with Crippen molar-refractivity contribution in [3.63, 3.8) is 0 Å². The minimum absolute atomic E-state index is 0.858. The monoisotopic (exact) mass is 345 g/mol. The molecule has 2 saturated heterocycles. The van der Waals surface area contributed by atoms with E-state index < -0.39 is 0 Å². The number of anilines is 3. The maximum Gasteiger partial charge on any atom is 0.208 e. The first-order valence-corrected chi connectivity index (χ1v) is 9.41. The zero-order valence-electron chi connectivity index (χ0n) is 14.3. The van der Waals surface area contributed by atoms with Gasteiger partial charge in [-0.15, -0.1) is 10.2 Å². The Morgan fingerprint density at radius 1 is 0.792 bits per heavy atom. The van der Waals surface area contributed by atoms with Gasteiger partial charge in [-0.2, -0.15) is 0 Å². The van der Waals surface area contributed by atoms with E-state index in [2.05, 4.69) is 40.9 Å². The fraction of sp³-hybridized carbons (Fsp3) is 0.625. The summed E-state index contributed by atoms with van der Waals surface area (Å²) in [7, 11) is 0. The van der Waals surface area contributed by atoms with Crippen molar-refractivity contribution in [3.8, 4) is 0 Å². The predicted octanol–water partition coefficient (Wildman–Crippen LogP) is 1.87. The molecule has 7 nitrogen and oxygen atoms in total. The summed E-state index contributed by atoms with van der Waals surface area (Å²) in [6, 6.07) is 2.16. The van der Waals surface area contributed by atoms with Crippen molar-refractivity contribution in [1.29, 1.82) is 0 Å². The third-order valence-corrected chi connectivity index (χ3v) is 5.53. The molecule has 0 radical (unpaired) electrons. The molecule has 2 aromatic rings. The highest BCUT2D eigenvalue weighted by molar-refractivity contribution is 7.15. The number of aryl methyl sites for hydroxylation is 2. The van der Waals surface area contributed by atoms with Gasteiger partial charge < -0.3 is 14.7 Å². The molecular weight excluding hydrogens is 322 g/mol. The van der Waals surface area contributed by atoms with E-state index in [1.165, 1.54) is 12.8 Å². The zero-order chi connectivity index (χ0) is 16.5. The van der Waals surface area contributed by atoms with Crippen molar-refractivity contribution in [2.75, 3.05) is 54.0 Å². The van der Waals surface area contributed by atoms with Crippen LogP contribution in [0.15, 0.2) is 6.07 Å². The third kappa shape index (κ3) is 3.15. The predicted molar refractivity (Wildman–Crippen MR) is 97.3 cm³/mol. The molecule has 0 amide bonds. The fourth-order valence-electron chi connectivity index (χ4n) is 3.35. The standard InChI is InChI=1S/C16H23N7S/c1-12-17-14(21-5-3-4-6-21)11-15(18-12)22-7-9-23(10-8-22)16-20-19-13(2)24-16/h11H,3-10H2,1-2H3. The van der Waals surface area contributed by atoms with Gasteiger partial charge in [0.05, 0.1) is 0 Å². The van der Waals surface area contributed by atoms with E-state index in [0.717, 1.165) is 66.9 Å². The Labute approximate surface area is 146 Å². The van der Waals surface area contributed by atoms with Gasteiger partial charge in [-0.3, -0.25) is 0 Å². The van der Waals surface area contributed by atoms with Crippen LogP contribution in [0.4, 0.5) is 16.8 Å². The Balaban J connectivity index is 1.47. The summed E-state index contributed by atoms with van der Waals surface area (Å²) in [5, 5.41) is 10.4. The van der Waals surface area contributed by atoms with Gasteiger partial charge in [0.25, 0.3) is 0 Å². The van der Waals surface area contributed by atoms with Crippen LogP contribution in [-0.4, -0.2) is 59.4 Å². The Bertz CT molecular complexity index is 702. The van der Waals surface area contributed by atoms with Crippen LogP contribution in [-0.2, 0) is 0 Å². The van der Waals surface area contributed by atoms with Gasteiger partial charge in [0, 0.05) is 45.3 Å². The normalized spacial score (nSPS) is 18.5. The molecule has 24 heavy (non-hydrogen) atoms. The molecule has 0 bridgehead atoms. The van der Waals surface area contributed by atoms with E-state index in [1.807, 2.05) is 13.8 Å². The quantitative estimate of drug-likeness (QED) is 0.841. The second-order valence-corrected chi connectivity index (χ2v) is 7.56. The molecule has 8 heteroatoms. The van der Waals surface area contributed by atoms with Crippen LogP contribution < -0.4 is 14.7 Å². The molecule has 2 fully saturated rings. The van der Waals surface area contributed by atoms with Gasteiger partial charge >= 0.3 is 0 Å². The van der Waals surface area contributed by atoms with Crippen molar-refractivity contribution in [1.82, 2.24) is 20.2 Å². The van der Waals surface area contributed by atoms with Crippen molar-refractivity contribution in [3.05, 3.63) is 16.9 Å². The van der Waals surface area contributed by atoms with Crippen LogP contribution in [0.1, 0.15) is 23.7 Å². The summed E-state index contributed by atoms with van der Waals surface area (Å²) in [4.78, 5) is 16.4. The molecule has 0 unspecified atom stereocenters. The lowest BCUT2D eigenvalue weighted by Crippen LogP contribution is -2.47. The molecule has 0 spiro atoms. The highest BCUT2D eigenvalue weighted by atomic mass is 32.1. The highest BCUT2D eigenvalue weighted by Crippen LogP contribution is 2.25. The molecule has 4 rings (SSSR count). The second kappa shape index (κ2) is 6.51. The van der Waals surface area contributed by atoms with Crippen molar-refractivity contribution >= 4 is 28.1 Å². The highest BCUT2D eigenvalue weighted by Gasteiger charge is 2.22. The summed E-state index contributed by atoms with van der Waals surface area (Å²) in [6.45, 7) is 10.0. The van der Waals surface area contributed by atoms with Gasteiger partial charge in [-0.1, -0.05) is 11.3 Å². The van der Waals surface area contributed by atoms with Gasteiger partial charge in [0.15, 0.2) is 0 Å². The Morgan fingerprint density at radius 2 is 1.38 bits per heavy atom. The fourth-order valence-corrected chi connectivity index (χ4v) is 4.09. The molecule has 0 N–H and O–H groups in total.